The minimum atomic E-state index is 0.0628. The van der Waals surface area contributed by atoms with Crippen LogP contribution in [0.1, 0.15) is 64.5 Å². The minimum absolute atomic E-state index is 0.0628. The number of guanidine groups is 1. The number of aromatic nitrogens is 2. The van der Waals surface area contributed by atoms with Gasteiger partial charge in [0.05, 0.1) is 19.3 Å². The van der Waals surface area contributed by atoms with E-state index in [1.54, 1.807) is 0 Å². The molecule has 6 heteroatoms. The third-order valence-electron chi connectivity index (χ3n) is 4.96. The molecule has 1 aromatic heterocycles. The summed E-state index contributed by atoms with van der Waals surface area (Å²) in [6.45, 7) is 10.9. The van der Waals surface area contributed by atoms with Crippen molar-refractivity contribution in [3.05, 3.63) is 18.0 Å². The lowest BCUT2D eigenvalue weighted by molar-refractivity contribution is -0.00806. The molecule has 0 aliphatic carbocycles. The molecule has 1 N–H and O–H groups in total. The normalized spacial score (nSPS) is 19.6. The number of rotatable bonds is 9. The first-order valence-electron chi connectivity index (χ1n) is 10.3. The zero-order chi connectivity index (χ0) is 18.8. The van der Waals surface area contributed by atoms with Gasteiger partial charge in [-0.15, -0.1) is 0 Å². The molecule has 26 heavy (non-hydrogen) atoms. The van der Waals surface area contributed by atoms with Crippen LogP contribution in [0, 0.1) is 5.92 Å². The molecule has 0 aromatic carbocycles. The van der Waals surface area contributed by atoms with Crippen LogP contribution in [0.5, 0.6) is 0 Å². The Kier molecular flexibility index (Phi) is 8.95. The van der Waals surface area contributed by atoms with E-state index < -0.39 is 0 Å². The van der Waals surface area contributed by atoms with Crippen LogP contribution < -0.4 is 5.32 Å². The van der Waals surface area contributed by atoms with Crippen molar-refractivity contribution in [1.29, 1.82) is 0 Å². The van der Waals surface area contributed by atoms with Gasteiger partial charge < -0.3 is 15.0 Å². The molecule has 1 saturated heterocycles. The van der Waals surface area contributed by atoms with Crippen LogP contribution in [-0.2, 0) is 11.8 Å². The van der Waals surface area contributed by atoms with Gasteiger partial charge in [0.2, 0.25) is 0 Å². The average Bonchev–Trinajstić information content (AvgIpc) is 3.09. The van der Waals surface area contributed by atoms with Gasteiger partial charge in [-0.3, -0.25) is 9.67 Å². The summed E-state index contributed by atoms with van der Waals surface area (Å²) < 4.78 is 7.81. The first-order chi connectivity index (χ1) is 12.7. The summed E-state index contributed by atoms with van der Waals surface area (Å²) in [4.78, 5) is 7.34. The fraction of sp³-hybridized carbons (Fsp3) is 0.800. The topological polar surface area (TPSA) is 54.7 Å². The Morgan fingerprint density at radius 2 is 2.19 bits per heavy atom. The van der Waals surface area contributed by atoms with Gasteiger partial charge in [-0.1, -0.05) is 33.1 Å². The van der Waals surface area contributed by atoms with Crippen LogP contribution in [-0.4, -0.2) is 53.4 Å². The smallest absolute Gasteiger partial charge is 0.194 e. The molecule has 0 radical (unpaired) electrons. The Hall–Kier alpha value is -1.56. The monoisotopic (exact) mass is 363 g/mol. The van der Waals surface area contributed by atoms with Crippen molar-refractivity contribution in [2.24, 2.45) is 18.0 Å². The zero-order valence-corrected chi connectivity index (χ0v) is 17.1. The van der Waals surface area contributed by atoms with E-state index in [-0.39, 0.29) is 6.10 Å². The quantitative estimate of drug-likeness (QED) is 0.540. The molecule has 1 aliphatic rings. The van der Waals surface area contributed by atoms with Crippen molar-refractivity contribution < 1.29 is 4.74 Å². The third kappa shape index (κ3) is 6.31. The van der Waals surface area contributed by atoms with E-state index in [0.29, 0.717) is 5.92 Å². The first kappa shape index (κ1) is 20.7. The summed E-state index contributed by atoms with van der Waals surface area (Å²) in [5.41, 5.74) is 1.14. The molecule has 1 aromatic rings. The number of hydrogen-bond acceptors (Lipinski definition) is 3. The fourth-order valence-electron chi connectivity index (χ4n) is 3.52. The molecule has 2 heterocycles. The van der Waals surface area contributed by atoms with Crippen molar-refractivity contribution in [2.45, 2.75) is 59.0 Å². The molecule has 2 rings (SSSR count). The summed E-state index contributed by atoms with van der Waals surface area (Å²) in [7, 11) is 1.94. The molecule has 1 fully saturated rings. The highest BCUT2D eigenvalue weighted by atomic mass is 16.5. The second-order valence-corrected chi connectivity index (χ2v) is 7.24. The molecule has 0 saturated carbocycles. The first-order valence-corrected chi connectivity index (χ1v) is 10.3. The molecule has 0 amide bonds. The van der Waals surface area contributed by atoms with Gasteiger partial charge in [-0.05, 0) is 25.7 Å². The zero-order valence-electron chi connectivity index (χ0n) is 17.1. The number of nitrogens with one attached hydrogen (secondary N) is 1. The number of ether oxygens (including phenoxy) is 1. The molecule has 148 valence electrons. The lowest BCUT2D eigenvalue weighted by atomic mass is 9.97. The van der Waals surface area contributed by atoms with Crippen molar-refractivity contribution in [3.8, 4) is 0 Å². The highest BCUT2D eigenvalue weighted by Gasteiger charge is 2.25. The predicted octanol–water partition coefficient (Wildman–Crippen LogP) is 3.37. The Bertz CT molecular complexity index is 542. The Morgan fingerprint density at radius 1 is 1.35 bits per heavy atom. The van der Waals surface area contributed by atoms with Crippen molar-refractivity contribution in [3.63, 3.8) is 0 Å². The average molecular weight is 364 g/mol. The maximum absolute atomic E-state index is 5.98. The van der Waals surface area contributed by atoms with E-state index in [1.807, 2.05) is 24.1 Å². The van der Waals surface area contributed by atoms with E-state index in [9.17, 15) is 0 Å². The van der Waals surface area contributed by atoms with Gasteiger partial charge in [0.15, 0.2) is 5.96 Å². The largest absolute Gasteiger partial charge is 0.370 e. The number of morpholine rings is 1. The van der Waals surface area contributed by atoms with Crippen molar-refractivity contribution >= 4 is 5.96 Å². The number of hydrogen-bond donors (Lipinski definition) is 1. The highest BCUT2D eigenvalue weighted by molar-refractivity contribution is 5.80. The van der Waals surface area contributed by atoms with Crippen LogP contribution in [0.25, 0.3) is 0 Å². The summed E-state index contributed by atoms with van der Waals surface area (Å²) in [6.07, 6.45) is 10.4. The Morgan fingerprint density at radius 3 is 2.85 bits per heavy atom. The van der Waals surface area contributed by atoms with Crippen LogP contribution >= 0.6 is 0 Å². The highest BCUT2D eigenvalue weighted by Crippen LogP contribution is 2.22. The number of aryl methyl sites for hydroxylation is 1. The fourth-order valence-corrected chi connectivity index (χ4v) is 3.52. The number of aliphatic imine (C=N–C) groups is 1. The molecular weight excluding hydrogens is 326 g/mol. The van der Waals surface area contributed by atoms with Crippen LogP contribution in [0.15, 0.2) is 17.4 Å². The molecule has 0 spiro atoms. The lowest BCUT2D eigenvalue weighted by Crippen LogP contribution is -2.48. The summed E-state index contributed by atoms with van der Waals surface area (Å²) in [5.74, 6) is 1.73. The molecular formula is C20H37N5O. The van der Waals surface area contributed by atoms with Gasteiger partial charge in [0.1, 0.15) is 6.10 Å². The maximum atomic E-state index is 5.98. The van der Waals surface area contributed by atoms with E-state index >= 15 is 0 Å². The molecule has 1 aliphatic heterocycles. The van der Waals surface area contributed by atoms with Gasteiger partial charge in [0, 0.05) is 38.4 Å². The number of unbranched alkanes of at least 4 members (excludes halogenated alkanes) is 1. The van der Waals surface area contributed by atoms with E-state index in [1.165, 1.54) is 32.1 Å². The molecule has 0 bridgehead atoms. The second kappa shape index (κ2) is 11.2. The Labute approximate surface area is 159 Å². The maximum Gasteiger partial charge on any atom is 0.194 e. The van der Waals surface area contributed by atoms with E-state index in [4.69, 9.17) is 9.73 Å². The van der Waals surface area contributed by atoms with Gasteiger partial charge >= 0.3 is 0 Å². The van der Waals surface area contributed by atoms with Crippen LogP contribution in [0.2, 0.25) is 0 Å². The molecule has 6 nitrogen and oxygen atoms in total. The van der Waals surface area contributed by atoms with Crippen LogP contribution in [0.3, 0.4) is 0 Å². The van der Waals surface area contributed by atoms with Crippen LogP contribution in [0.4, 0.5) is 0 Å². The second-order valence-electron chi connectivity index (χ2n) is 7.24. The lowest BCUT2D eigenvalue weighted by Gasteiger charge is -2.35. The van der Waals surface area contributed by atoms with E-state index in [0.717, 1.165) is 44.3 Å². The van der Waals surface area contributed by atoms with E-state index in [2.05, 4.69) is 36.1 Å². The summed E-state index contributed by atoms with van der Waals surface area (Å²) in [5, 5.41) is 7.76. The van der Waals surface area contributed by atoms with Gasteiger partial charge in [-0.2, -0.15) is 5.10 Å². The molecule has 2 atom stereocenters. The minimum Gasteiger partial charge on any atom is -0.370 e. The van der Waals surface area contributed by atoms with Gasteiger partial charge in [-0.25, -0.2) is 0 Å². The van der Waals surface area contributed by atoms with Gasteiger partial charge in [0.25, 0.3) is 0 Å². The van der Waals surface area contributed by atoms with Crippen molar-refractivity contribution in [2.75, 3.05) is 32.8 Å². The molecule has 2 unspecified atom stereocenters. The SMILES string of the molecule is CCCCC(CCC)CN=C(NCC)N1CCOC(c2cnn(C)c2)C1. The number of nitrogens with zero attached hydrogens (tertiary/aromatic N) is 4. The third-order valence-corrected chi connectivity index (χ3v) is 4.96. The predicted molar refractivity (Wildman–Crippen MR) is 107 cm³/mol. The summed E-state index contributed by atoms with van der Waals surface area (Å²) in [6, 6.07) is 0. The summed E-state index contributed by atoms with van der Waals surface area (Å²) >= 11 is 0. The Balaban J connectivity index is 2.01. The standard InChI is InChI=1S/C20H37N5O/c1-5-8-10-17(9-6-2)13-22-20(21-7-3)25-11-12-26-19(16-25)18-14-23-24(4)15-18/h14-15,17,19H,5-13,16H2,1-4H3,(H,21,22). The van der Waals surface area contributed by atoms with Crippen molar-refractivity contribution in [1.82, 2.24) is 20.0 Å².